The Morgan fingerprint density at radius 2 is 1.76 bits per heavy atom. The molecule has 0 spiro atoms. The molecular weight excluding hydrogens is 456 g/mol. The molecule has 1 aliphatic heterocycles. The molecule has 34 heavy (non-hydrogen) atoms. The van der Waals surface area contributed by atoms with E-state index in [2.05, 4.69) is 5.32 Å². The van der Waals surface area contributed by atoms with Gasteiger partial charge in [0.1, 0.15) is 6.10 Å². The zero-order valence-electron chi connectivity index (χ0n) is 19.7. The van der Waals surface area contributed by atoms with Gasteiger partial charge >= 0.3 is 6.09 Å². The minimum absolute atomic E-state index is 0.0403. The summed E-state index contributed by atoms with van der Waals surface area (Å²) in [5.74, 6) is 0.0403. The topological polar surface area (TPSA) is 105 Å². The highest BCUT2D eigenvalue weighted by Crippen LogP contribution is 2.19. The van der Waals surface area contributed by atoms with Crippen LogP contribution in [0.15, 0.2) is 65.6 Å². The molecule has 1 saturated heterocycles. The number of aliphatic hydroxyl groups excluding tert-OH is 1. The molecule has 9 heteroatoms. The molecule has 3 rings (SSSR count). The van der Waals surface area contributed by atoms with Crippen molar-refractivity contribution in [3.05, 3.63) is 66.2 Å². The summed E-state index contributed by atoms with van der Waals surface area (Å²) in [6, 6.07) is 16.8. The maximum atomic E-state index is 13.3. The predicted molar refractivity (Wildman–Crippen MR) is 129 cm³/mol. The molecule has 186 valence electrons. The number of sulfonamides is 1. The monoisotopic (exact) mass is 490 g/mol. The molecule has 8 nitrogen and oxygen atoms in total. The summed E-state index contributed by atoms with van der Waals surface area (Å²) in [6.45, 7) is 4.78. The average molecular weight is 491 g/mol. The highest BCUT2D eigenvalue weighted by molar-refractivity contribution is 7.89. The van der Waals surface area contributed by atoms with Crippen molar-refractivity contribution >= 4 is 16.1 Å². The molecule has 0 radical (unpaired) electrons. The van der Waals surface area contributed by atoms with Crippen LogP contribution >= 0.6 is 0 Å². The van der Waals surface area contributed by atoms with E-state index in [1.807, 2.05) is 44.2 Å². The normalized spacial score (nSPS) is 18.1. The van der Waals surface area contributed by atoms with Gasteiger partial charge in [-0.15, -0.1) is 0 Å². The van der Waals surface area contributed by atoms with Crippen LogP contribution in [0.3, 0.4) is 0 Å². The number of hydrogen-bond acceptors (Lipinski definition) is 6. The lowest BCUT2D eigenvalue weighted by molar-refractivity contribution is 0.0644. The van der Waals surface area contributed by atoms with Crippen LogP contribution in [0.5, 0.6) is 0 Å². The number of nitrogens with zero attached hydrogens (tertiary/aromatic N) is 1. The van der Waals surface area contributed by atoms with Crippen LogP contribution in [0.25, 0.3) is 0 Å². The number of aliphatic hydroxyl groups is 1. The smallest absolute Gasteiger partial charge is 0.407 e. The number of nitrogens with one attached hydrogen (secondary N) is 1. The second-order valence-corrected chi connectivity index (χ2v) is 10.9. The molecule has 0 aliphatic carbocycles. The Labute approximate surface area is 201 Å². The van der Waals surface area contributed by atoms with Gasteiger partial charge in [-0.2, -0.15) is 4.31 Å². The Bertz CT molecular complexity index is 995. The van der Waals surface area contributed by atoms with Gasteiger partial charge in [0.05, 0.1) is 30.3 Å². The van der Waals surface area contributed by atoms with Gasteiger partial charge in [-0.05, 0) is 30.0 Å². The van der Waals surface area contributed by atoms with Crippen molar-refractivity contribution in [2.75, 3.05) is 26.3 Å². The van der Waals surface area contributed by atoms with E-state index in [4.69, 9.17) is 9.47 Å². The van der Waals surface area contributed by atoms with Crippen LogP contribution in [0.2, 0.25) is 0 Å². The van der Waals surface area contributed by atoms with Crippen LogP contribution in [-0.4, -0.2) is 68.5 Å². The number of carbonyl (C=O) groups is 1. The second kappa shape index (κ2) is 12.3. The summed E-state index contributed by atoms with van der Waals surface area (Å²) < 4.78 is 38.6. The number of alkyl carbamates (subject to hydrolysis) is 1. The standard InChI is InChI=1S/C25H34N2O6S/c1-19(2)16-27(34(30,31)22-11-7-4-8-12-22)17-24(28)23(15-20-9-5-3-6-10-20)26-25(29)33-21-13-14-32-18-21/h3-12,19,21,23-24,28H,13-18H2,1-2H3,(H,26,29). The molecule has 3 atom stereocenters. The first-order valence-corrected chi connectivity index (χ1v) is 13.0. The molecular formula is C25H34N2O6S. The molecule has 2 aromatic rings. The van der Waals surface area contributed by atoms with E-state index in [9.17, 15) is 18.3 Å². The van der Waals surface area contributed by atoms with Crippen LogP contribution in [0.1, 0.15) is 25.8 Å². The molecule has 2 aromatic carbocycles. The van der Waals surface area contributed by atoms with Crippen LogP contribution < -0.4 is 5.32 Å². The van der Waals surface area contributed by atoms with Gasteiger partial charge in [-0.25, -0.2) is 13.2 Å². The van der Waals surface area contributed by atoms with E-state index in [0.29, 0.717) is 26.1 Å². The molecule has 1 amide bonds. The first-order chi connectivity index (χ1) is 16.3. The number of rotatable bonds is 11. The van der Waals surface area contributed by atoms with Crippen LogP contribution in [0.4, 0.5) is 4.79 Å². The summed E-state index contributed by atoms with van der Waals surface area (Å²) in [5.41, 5.74) is 0.900. The minimum Gasteiger partial charge on any atom is -0.444 e. The first-order valence-electron chi connectivity index (χ1n) is 11.6. The summed E-state index contributed by atoms with van der Waals surface area (Å²) in [7, 11) is -3.83. The summed E-state index contributed by atoms with van der Waals surface area (Å²) in [4.78, 5) is 12.7. The van der Waals surface area contributed by atoms with E-state index < -0.39 is 28.3 Å². The van der Waals surface area contributed by atoms with E-state index in [1.54, 1.807) is 18.2 Å². The Morgan fingerprint density at radius 1 is 1.12 bits per heavy atom. The Morgan fingerprint density at radius 3 is 2.35 bits per heavy atom. The van der Waals surface area contributed by atoms with Gasteiger partial charge in [-0.1, -0.05) is 62.4 Å². The maximum absolute atomic E-state index is 13.3. The third-order valence-electron chi connectivity index (χ3n) is 5.57. The highest BCUT2D eigenvalue weighted by atomic mass is 32.2. The number of benzene rings is 2. The van der Waals surface area contributed by atoms with Crippen molar-refractivity contribution in [3.63, 3.8) is 0 Å². The van der Waals surface area contributed by atoms with Gasteiger partial charge in [0.25, 0.3) is 0 Å². The quantitative estimate of drug-likeness (QED) is 0.502. The van der Waals surface area contributed by atoms with Gasteiger partial charge < -0.3 is 19.9 Å². The third kappa shape index (κ3) is 7.53. The largest absolute Gasteiger partial charge is 0.444 e. The number of carbonyl (C=O) groups excluding carboxylic acids is 1. The Kier molecular flexibility index (Phi) is 9.46. The number of hydrogen-bond donors (Lipinski definition) is 2. The molecule has 0 saturated carbocycles. The zero-order chi connectivity index (χ0) is 24.6. The van der Waals surface area contributed by atoms with Crippen molar-refractivity contribution in [1.82, 2.24) is 9.62 Å². The van der Waals surface area contributed by atoms with Gasteiger partial charge in [-0.3, -0.25) is 0 Å². The lowest BCUT2D eigenvalue weighted by atomic mass is 10.0. The fourth-order valence-corrected chi connectivity index (χ4v) is 5.49. The summed E-state index contributed by atoms with van der Waals surface area (Å²) >= 11 is 0. The van der Waals surface area contributed by atoms with Crippen molar-refractivity contribution in [2.24, 2.45) is 5.92 Å². The van der Waals surface area contributed by atoms with Crippen molar-refractivity contribution in [2.45, 2.75) is 49.8 Å². The molecule has 2 N–H and O–H groups in total. The molecule has 3 unspecified atom stereocenters. The summed E-state index contributed by atoms with van der Waals surface area (Å²) in [6.07, 6.45) is -1.21. The van der Waals surface area contributed by atoms with Gasteiger partial charge in [0.2, 0.25) is 10.0 Å². The SMILES string of the molecule is CC(C)CN(CC(O)C(Cc1ccccc1)NC(=O)OC1CCOC1)S(=O)(=O)c1ccccc1. The van der Waals surface area contributed by atoms with Crippen LogP contribution in [0, 0.1) is 5.92 Å². The first kappa shape index (κ1) is 26.2. The predicted octanol–water partition coefficient (Wildman–Crippen LogP) is 2.82. The lowest BCUT2D eigenvalue weighted by Gasteiger charge is -2.30. The lowest BCUT2D eigenvalue weighted by Crippen LogP contribution is -2.51. The minimum atomic E-state index is -3.83. The fourth-order valence-electron chi connectivity index (χ4n) is 3.85. The fraction of sp³-hybridized carbons (Fsp3) is 0.480. The summed E-state index contributed by atoms with van der Waals surface area (Å²) in [5, 5.41) is 13.9. The van der Waals surface area contributed by atoms with E-state index in [1.165, 1.54) is 16.4 Å². The van der Waals surface area contributed by atoms with Gasteiger partial charge in [0.15, 0.2) is 0 Å². The highest BCUT2D eigenvalue weighted by Gasteiger charge is 2.32. The number of ether oxygens (including phenoxy) is 2. The van der Waals surface area contributed by atoms with E-state index in [0.717, 1.165) is 5.56 Å². The van der Waals surface area contributed by atoms with Crippen LogP contribution in [-0.2, 0) is 25.9 Å². The van der Waals surface area contributed by atoms with Crippen molar-refractivity contribution < 1.29 is 27.8 Å². The average Bonchev–Trinajstić information content (AvgIpc) is 3.32. The van der Waals surface area contributed by atoms with Crippen molar-refractivity contribution in [3.8, 4) is 0 Å². The molecule has 1 aliphatic rings. The van der Waals surface area contributed by atoms with Crippen molar-refractivity contribution in [1.29, 1.82) is 0 Å². The molecule has 1 fully saturated rings. The molecule has 1 heterocycles. The van der Waals surface area contributed by atoms with E-state index >= 15 is 0 Å². The third-order valence-corrected chi connectivity index (χ3v) is 7.41. The second-order valence-electron chi connectivity index (χ2n) is 8.93. The van der Waals surface area contributed by atoms with Gasteiger partial charge in [0, 0.05) is 19.5 Å². The molecule has 0 bridgehead atoms. The zero-order valence-corrected chi connectivity index (χ0v) is 20.5. The molecule has 0 aromatic heterocycles. The Hall–Kier alpha value is -2.46. The number of amides is 1. The Balaban J connectivity index is 1.78. The maximum Gasteiger partial charge on any atom is 0.407 e. The van der Waals surface area contributed by atoms with E-state index in [-0.39, 0.29) is 30.0 Å².